The average molecular weight is 356 g/mol. The zero-order valence-corrected chi connectivity index (χ0v) is 15.9. The first kappa shape index (κ1) is 17.7. The number of hydrogen-bond acceptors (Lipinski definition) is 4. The Labute approximate surface area is 153 Å². The zero-order chi connectivity index (χ0) is 17.8. The second kappa shape index (κ2) is 7.85. The SMILES string of the molecule is C=CCc1cc(CNCc2cn3c(C)c(C)sc3n2)ccc1OCC. The molecule has 1 N–H and O–H groups in total. The molecule has 0 saturated heterocycles. The van der Waals surface area contributed by atoms with Gasteiger partial charge in [0.05, 0.1) is 12.3 Å². The van der Waals surface area contributed by atoms with E-state index in [0.29, 0.717) is 6.61 Å². The summed E-state index contributed by atoms with van der Waals surface area (Å²) in [5, 5.41) is 3.49. The van der Waals surface area contributed by atoms with Crippen LogP contribution in [-0.2, 0) is 19.5 Å². The van der Waals surface area contributed by atoms with Gasteiger partial charge in [0.1, 0.15) is 5.75 Å². The first-order valence-corrected chi connectivity index (χ1v) is 9.44. The molecule has 0 spiro atoms. The Morgan fingerprint density at radius 1 is 1.32 bits per heavy atom. The highest BCUT2D eigenvalue weighted by Gasteiger charge is 2.09. The number of allylic oxidation sites excluding steroid dienone is 1. The van der Waals surface area contributed by atoms with Crippen LogP contribution in [0.15, 0.2) is 37.1 Å². The van der Waals surface area contributed by atoms with Crippen LogP contribution < -0.4 is 10.1 Å². The van der Waals surface area contributed by atoms with Gasteiger partial charge in [0.15, 0.2) is 4.96 Å². The predicted octanol–water partition coefficient (Wildman–Crippen LogP) is 4.43. The largest absolute Gasteiger partial charge is 0.494 e. The van der Waals surface area contributed by atoms with E-state index in [4.69, 9.17) is 9.72 Å². The Hall–Kier alpha value is -2.11. The average Bonchev–Trinajstić information content (AvgIpc) is 3.10. The van der Waals surface area contributed by atoms with Crippen molar-refractivity contribution in [2.75, 3.05) is 6.61 Å². The van der Waals surface area contributed by atoms with Crippen molar-refractivity contribution in [3.63, 3.8) is 0 Å². The summed E-state index contributed by atoms with van der Waals surface area (Å²) < 4.78 is 7.86. The molecule has 0 aliphatic heterocycles. The molecule has 0 saturated carbocycles. The lowest BCUT2D eigenvalue weighted by Gasteiger charge is -2.11. The molecule has 0 radical (unpaired) electrons. The van der Waals surface area contributed by atoms with Crippen LogP contribution in [0.5, 0.6) is 5.75 Å². The molecule has 4 nitrogen and oxygen atoms in total. The number of benzene rings is 1. The number of nitrogens with one attached hydrogen (secondary N) is 1. The Balaban J connectivity index is 1.64. The smallest absolute Gasteiger partial charge is 0.194 e. The predicted molar refractivity (Wildman–Crippen MR) is 105 cm³/mol. The topological polar surface area (TPSA) is 38.6 Å². The number of rotatable bonds is 8. The third-order valence-electron chi connectivity index (χ3n) is 4.26. The quantitative estimate of drug-likeness (QED) is 0.608. The first-order valence-electron chi connectivity index (χ1n) is 8.62. The van der Waals surface area contributed by atoms with Gasteiger partial charge in [0.2, 0.25) is 0 Å². The van der Waals surface area contributed by atoms with Crippen LogP contribution in [-0.4, -0.2) is 16.0 Å². The number of thiazole rings is 1. The number of aryl methyl sites for hydroxylation is 2. The molecule has 5 heteroatoms. The van der Waals surface area contributed by atoms with Crippen molar-refractivity contribution >= 4 is 16.3 Å². The molecule has 0 aliphatic rings. The van der Waals surface area contributed by atoms with Gasteiger partial charge in [-0.25, -0.2) is 4.98 Å². The van der Waals surface area contributed by atoms with Crippen molar-refractivity contribution in [2.45, 2.75) is 40.3 Å². The number of hydrogen-bond donors (Lipinski definition) is 1. The minimum Gasteiger partial charge on any atom is -0.494 e. The summed E-state index contributed by atoms with van der Waals surface area (Å²) in [6.07, 6.45) is 4.86. The summed E-state index contributed by atoms with van der Waals surface area (Å²) in [5.74, 6) is 0.950. The Morgan fingerprint density at radius 2 is 2.16 bits per heavy atom. The molecule has 0 atom stereocenters. The summed E-state index contributed by atoms with van der Waals surface area (Å²) >= 11 is 1.74. The van der Waals surface area contributed by atoms with Crippen LogP contribution in [0.25, 0.3) is 4.96 Å². The highest BCUT2D eigenvalue weighted by atomic mass is 32.1. The summed E-state index contributed by atoms with van der Waals surface area (Å²) in [4.78, 5) is 7.09. The van der Waals surface area contributed by atoms with Gasteiger partial charge in [-0.3, -0.25) is 4.40 Å². The van der Waals surface area contributed by atoms with Gasteiger partial charge in [-0.2, -0.15) is 0 Å². The van der Waals surface area contributed by atoms with E-state index in [9.17, 15) is 0 Å². The van der Waals surface area contributed by atoms with Gasteiger partial charge >= 0.3 is 0 Å². The third kappa shape index (κ3) is 3.94. The summed E-state index contributed by atoms with van der Waals surface area (Å²) in [7, 11) is 0. The van der Waals surface area contributed by atoms with E-state index in [2.05, 4.69) is 54.5 Å². The number of ether oxygens (including phenoxy) is 1. The van der Waals surface area contributed by atoms with E-state index < -0.39 is 0 Å². The van der Waals surface area contributed by atoms with Gasteiger partial charge in [-0.15, -0.1) is 17.9 Å². The monoisotopic (exact) mass is 355 g/mol. The van der Waals surface area contributed by atoms with Crippen molar-refractivity contribution < 1.29 is 4.74 Å². The number of nitrogens with zero attached hydrogens (tertiary/aromatic N) is 2. The molecule has 1 aromatic carbocycles. The van der Waals surface area contributed by atoms with Crippen molar-refractivity contribution in [3.8, 4) is 5.75 Å². The van der Waals surface area contributed by atoms with E-state index >= 15 is 0 Å². The molecular formula is C20H25N3OS. The molecule has 2 heterocycles. The highest BCUT2D eigenvalue weighted by Crippen LogP contribution is 2.23. The fourth-order valence-electron chi connectivity index (χ4n) is 2.88. The van der Waals surface area contributed by atoms with Crippen LogP contribution in [0, 0.1) is 13.8 Å². The van der Waals surface area contributed by atoms with Gasteiger partial charge in [0, 0.05) is 29.9 Å². The van der Waals surface area contributed by atoms with E-state index in [1.54, 1.807) is 11.3 Å². The van der Waals surface area contributed by atoms with Crippen molar-refractivity contribution in [1.29, 1.82) is 0 Å². The van der Waals surface area contributed by atoms with Crippen LogP contribution in [0.3, 0.4) is 0 Å². The van der Waals surface area contributed by atoms with Gasteiger partial charge in [-0.1, -0.05) is 18.2 Å². The maximum atomic E-state index is 5.68. The maximum absolute atomic E-state index is 5.68. The normalized spacial score (nSPS) is 11.2. The molecule has 2 aromatic heterocycles. The van der Waals surface area contributed by atoms with E-state index in [1.165, 1.54) is 21.7 Å². The minimum absolute atomic E-state index is 0.679. The van der Waals surface area contributed by atoms with Crippen molar-refractivity contribution in [2.24, 2.45) is 0 Å². The standard InChI is InChI=1S/C20H25N3OS/c1-5-7-17-10-16(8-9-19(17)24-6-2)11-21-12-18-13-23-14(3)15(4)25-20(23)22-18/h5,8-10,13,21H,1,6-7,11-12H2,2-4H3. The Morgan fingerprint density at radius 3 is 2.88 bits per heavy atom. The molecular weight excluding hydrogens is 330 g/mol. The molecule has 0 fully saturated rings. The Kier molecular flexibility index (Phi) is 5.56. The van der Waals surface area contributed by atoms with Crippen molar-refractivity contribution in [3.05, 3.63) is 64.4 Å². The lowest BCUT2D eigenvalue weighted by molar-refractivity contribution is 0.337. The van der Waals surface area contributed by atoms with E-state index in [-0.39, 0.29) is 0 Å². The van der Waals surface area contributed by atoms with Crippen LogP contribution in [0.4, 0.5) is 0 Å². The third-order valence-corrected chi connectivity index (χ3v) is 5.34. The first-order chi connectivity index (χ1) is 12.1. The number of imidazole rings is 1. The fraction of sp³-hybridized carbons (Fsp3) is 0.350. The summed E-state index contributed by atoms with van der Waals surface area (Å²) in [5.41, 5.74) is 4.78. The molecule has 0 amide bonds. The number of fused-ring (bicyclic) bond motifs is 1. The van der Waals surface area contributed by atoms with E-state index in [1.807, 2.05) is 13.0 Å². The van der Waals surface area contributed by atoms with Gasteiger partial charge in [-0.05, 0) is 44.4 Å². The zero-order valence-electron chi connectivity index (χ0n) is 15.1. The number of aromatic nitrogens is 2. The minimum atomic E-state index is 0.679. The maximum Gasteiger partial charge on any atom is 0.194 e. The second-order valence-electron chi connectivity index (χ2n) is 6.10. The summed E-state index contributed by atoms with van der Waals surface area (Å²) in [6, 6.07) is 6.36. The molecule has 3 aromatic rings. The molecule has 0 aliphatic carbocycles. The lowest BCUT2D eigenvalue weighted by atomic mass is 10.1. The van der Waals surface area contributed by atoms with Crippen LogP contribution in [0.2, 0.25) is 0 Å². The molecule has 25 heavy (non-hydrogen) atoms. The van der Waals surface area contributed by atoms with Gasteiger partial charge in [0.25, 0.3) is 0 Å². The second-order valence-corrected chi connectivity index (χ2v) is 7.28. The van der Waals surface area contributed by atoms with Crippen LogP contribution >= 0.6 is 11.3 Å². The lowest BCUT2D eigenvalue weighted by Crippen LogP contribution is -2.13. The molecule has 0 unspecified atom stereocenters. The highest BCUT2D eigenvalue weighted by molar-refractivity contribution is 7.17. The molecule has 132 valence electrons. The van der Waals surface area contributed by atoms with E-state index in [0.717, 1.165) is 35.9 Å². The van der Waals surface area contributed by atoms with Crippen molar-refractivity contribution in [1.82, 2.24) is 14.7 Å². The molecule has 0 bridgehead atoms. The Bertz CT molecular complexity index is 879. The fourth-order valence-corrected chi connectivity index (χ4v) is 3.85. The van der Waals surface area contributed by atoms with Gasteiger partial charge < -0.3 is 10.1 Å². The van der Waals surface area contributed by atoms with Crippen LogP contribution in [0.1, 0.15) is 34.3 Å². The molecule has 3 rings (SSSR count). The summed E-state index contributed by atoms with van der Waals surface area (Å²) in [6.45, 7) is 12.4.